The van der Waals surface area contributed by atoms with Crippen molar-refractivity contribution in [2.45, 2.75) is 6.10 Å². The van der Waals surface area contributed by atoms with Gasteiger partial charge in [0, 0.05) is 30.9 Å². The monoisotopic (exact) mass is 301 g/mol. The van der Waals surface area contributed by atoms with E-state index in [2.05, 4.69) is 15.6 Å². The fourth-order valence-corrected chi connectivity index (χ4v) is 2.60. The number of amides is 1. The zero-order valence-electron chi connectivity index (χ0n) is 12.4. The summed E-state index contributed by atoms with van der Waals surface area (Å²) in [7, 11) is 1.61. The van der Waals surface area contributed by atoms with Crippen molar-refractivity contribution in [2.75, 3.05) is 26.7 Å². The molecular formula is C16H19N3O3. The number of nitrogens with zero attached hydrogens (tertiary/aromatic N) is 1. The maximum Gasteiger partial charge on any atom is 0.269 e. The predicted octanol–water partition coefficient (Wildman–Crippen LogP) is 0.554. The molecule has 0 aliphatic carbocycles. The number of methoxy groups -OCH3 is 1. The van der Waals surface area contributed by atoms with Crippen LogP contribution in [0.3, 0.4) is 0 Å². The highest BCUT2D eigenvalue weighted by Crippen LogP contribution is 2.19. The molecule has 0 saturated carbocycles. The molecule has 3 N–H and O–H groups in total. The van der Waals surface area contributed by atoms with E-state index in [1.165, 1.54) is 0 Å². The van der Waals surface area contributed by atoms with Crippen LogP contribution in [0.2, 0.25) is 0 Å². The van der Waals surface area contributed by atoms with Crippen molar-refractivity contribution in [1.29, 1.82) is 0 Å². The standard InChI is InChI=1S/C16H19N3O3/c1-22-12-3-5-13-10(6-12)2-4-14(19-13)16(21)18-8-11-7-17-9-15(11)20/h2-6,11,15,17,20H,7-9H2,1H3,(H,18,21). The SMILES string of the molecule is COc1ccc2nc(C(=O)NCC3CNCC3O)ccc2c1. The van der Waals surface area contributed by atoms with Crippen LogP contribution in [0.15, 0.2) is 30.3 Å². The van der Waals surface area contributed by atoms with Crippen LogP contribution in [0.4, 0.5) is 0 Å². The average molecular weight is 301 g/mol. The predicted molar refractivity (Wildman–Crippen MR) is 83.0 cm³/mol. The molecule has 6 heteroatoms. The Morgan fingerprint density at radius 2 is 2.27 bits per heavy atom. The van der Waals surface area contributed by atoms with Gasteiger partial charge in [-0.15, -0.1) is 0 Å². The Morgan fingerprint density at radius 1 is 1.41 bits per heavy atom. The van der Waals surface area contributed by atoms with Gasteiger partial charge in [0.2, 0.25) is 0 Å². The molecule has 2 heterocycles. The van der Waals surface area contributed by atoms with E-state index in [4.69, 9.17) is 4.74 Å². The number of aliphatic hydroxyl groups excluding tert-OH is 1. The van der Waals surface area contributed by atoms with Crippen molar-refractivity contribution in [3.05, 3.63) is 36.0 Å². The first-order valence-electron chi connectivity index (χ1n) is 7.29. The molecule has 0 spiro atoms. The van der Waals surface area contributed by atoms with Gasteiger partial charge in [0.25, 0.3) is 5.91 Å². The van der Waals surface area contributed by atoms with E-state index in [0.29, 0.717) is 25.3 Å². The summed E-state index contributed by atoms with van der Waals surface area (Å²) in [6, 6.07) is 9.07. The van der Waals surface area contributed by atoms with Gasteiger partial charge in [-0.3, -0.25) is 4.79 Å². The second-order valence-corrected chi connectivity index (χ2v) is 5.45. The second-order valence-electron chi connectivity index (χ2n) is 5.45. The highest BCUT2D eigenvalue weighted by Gasteiger charge is 2.25. The molecule has 2 atom stereocenters. The van der Waals surface area contributed by atoms with Crippen LogP contribution in [0.25, 0.3) is 10.9 Å². The second kappa shape index (κ2) is 6.29. The first kappa shape index (κ1) is 14.7. The Kier molecular flexibility index (Phi) is 4.22. The molecule has 1 amide bonds. The third kappa shape index (κ3) is 3.03. The molecule has 1 saturated heterocycles. The summed E-state index contributed by atoms with van der Waals surface area (Å²) in [5.41, 5.74) is 1.12. The van der Waals surface area contributed by atoms with Crippen LogP contribution >= 0.6 is 0 Å². The number of aromatic nitrogens is 1. The van der Waals surface area contributed by atoms with E-state index in [9.17, 15) is 9.90 Å². The summed E-state index contributed by atoms with van der Waals surface area (Å²) in [5, 5.41) is 16.6. The number of benzene rings is 1. The van der Waals surface area contributed by atoms with E-state index in [1.807, 2.05) is 24.3 Å². The minimum atomic E-state index is -0.405. The molecular weight excluding hydrogens is 282 g/mol. The molecule has 0 radical (unpaired) electrons. The number of β-amino-alcohol motifs (C(OH)–C–C–N with tert-alkyl or cyclic N) is 1. The lowest BCUT2D eigenvalue weighted by atomic mass is 10.1. The van der Waals surface area contributed by atoms with Crippen LogP contribution in [0.1, 0.15) is 10.5 Å². The molecule has 1 aromatic heterocycles. The van der Waals surface area contributed by atoms with Crippen molar-refractivity contribution < 1.29 is 14.6 Å². The van der Waals surface area contributed by atoms with Crippen LogP contribution < -0.4 is 15.4 Å². The van der Waals surface area contributed by atoms with Crippen molar-refractivity contribution >= 4 is 16.8 Å². The van der Waals surface area contributed by atoms with Crippen molar-refractivity contribution in [3.8, 4) is 5.75 Å². The fraction of sp³-hybridized carbons (Fsp3) is 0.375. The van der Waals surface area contributed by atoms with Gasteiger partial charge in [0.05, 0.1) is 18.7 Å². The number of hydrogen-bond acceptors (Lipinski definition) is 5. The minimum absolute atomic E-state index is 0.0497. The summed E-state index contributed by atoms with van der Waals surface area (Å²) in [6.07, 6.45) is -0.405. The zero-order chi connectivity index (χ0) is 15.5. The van der Waals surface area contributed by atoms with Crippen molar-refractivity contribution in [2.24, 2.45) is 5.92 Å². The summed E-state index contributed by atoms with van der Waals surface area (Å²) in [4.78, 5) is 16.5. The first-order chi connectivity index (χ1) is 10.7. The summed E-state index contributed by atoms with van der Waals surface area (Å²) >= 11 is 0. The Morgan fingerprint density at radius 3 is 3.00 bits per heavy atom. The third-order valence-electron chi connectivity index (χ3n) is 3.96. The lowest BCUT2D eigenvalue weighted by Gasteiger charge is -2.14. The zero-order valence-corrected chi connectivity index (χ0v) is 12.4. The molecule has 0 bridgehead atoms. The van der Waals surface area contributed by atoms with Gasteiger partial charge in [0.15, 0.2) is 0 Å². The quantitative estimate of drug-likeness (QED) is 0.768. The largest absolute Gasteiger partial charge is 0.497 e. The van der Waals surface area contributed by atoms with Gasteiger partial charge in [-0.25, -0.2) is 4.98 Å². The number of fused-ring (bicyclic) bond motifs is 1. The number of carbonyl (C=O) groups is 1. The smallest absolute Gasteiger partial charge is 0.269 e. The normalized spacial score (nSPS) is 21.0. The molecule has 1 aromatic carbocycles. The van der Waals surface area contributed by atoms with Crippen molar-refractivity contribution in [1.82, 2.24) is 15.6 Å². The Bertz CT molecular complexity index is 689. The molecule has 2 unspecified atom stereocenters. The molecule has 3 rings (SSSR count). The van der Waals surface area contributed by atoms with Crippen LogP contribution in [0, 0.1) is 5.92 Å². The topological polar surface area (TPSA) is 83.5 Å². The number of ether oxygens (including phenoxy) is 1. The van der Waals surface area contributed by atoms with Gasteiger partial charge >= 0.3 is 0 Å². The Balaban J connectivity index is 1.71. The maximum atomic E-state index is 12.2. The molecule has 6 nitrogen and oxygen atoms in total. The van der Waals surface area contributed by atoms with Crippen molar-refractivity contribution in [3.63, 3.8) is 0 Å². The van der Waals surface area contributed by atoms with Crippen LogP contribution in [-0.4, -0.2) is 48.8 Å². The van der Waals surface area contributed by atoms with Gasteiger partial charge in [-0.1, -0.05) is 6.07 Å². The molecule has 116 valence electrons. The molecule has 1 fully saturated rings. The van der Waals surface area contributed by atoms with Gasteiger partial charge in [-0.2, -0.15) is 0 Å². The van der Waals surface area contributed by atoms with Crippen LogP contribution in [-0.2, 0) is 0 Å². The molecule has 1 aliphatic rings. The lowest BCUT2D eigenvalue weighted by Crippen LogP contribution is -2.34. The molecule has 22 heavy (non-hydrogen) atoms. The minimum Gasteiger partial charge on any atom is -0.497 e. The van der Waals surface area contributed by atoms with Crippen LogP contribution in [0.5, 0.6) is 5.75 Å². The molecule has 1 aliphatic heterocycles. The first-order valence-corrected chi connectivity index (χ1v) is 7.29. The highest BCUT2D eigenvalue weighted by atomic mass is 16.5. The maximum absolute atomic E-state index is 12.2. The highest BCUT2D eigenvalue weighted by molar-refractivity contribution is 5.95. The lowest BCUT2D eigenvalue weighted by molar-refractivity contribution is 0.0922. The van der Waals surface area contributed by atoms with Gasteiger partial charge in [-0.05, 0) is 24.3 Å². The fourth-order valence-electron chi connectivity index (χ4n) is 2.60. The number of pyridine rings is 1. The number of carbonyl (C=O) groups excluding carboxylic acids is 1. The third-order valence-corrected chi connectivity index (χ3v) is 3.96. The van der Waals surface area contributed by atoms with Gasteiger partial charge in [0.1, 0.15) is 11.4 Å². The number of aliphatic hydroxyl groups is 1. The number of rotatable bonds is 4. The van der Waals surface area contributed by atoms with E-state index < -0.39 is 6.10 Å². The van der Waals surface area contributed by atoms with Gasteiger partial charge < -0.3 is 20.5 Å². The van der Waals surface area contributed by atoms with E-state index in [1.54, 1.807) is 13.2 Å². The Hall–Kier alpha value is -2.18. The van der Waals surface area contributed by atoms with E-state index >= 15 is 0 Å². The number of hydrogen-bond donors (Lipinski definition) is 3. The van der Waals surface area contributed by atoms with E-state index in [0.717, 1.165) is 16.7 Å². The van der Waals surface area contributed by atoms with E-state index in [-0.39, 0.29) is 11.8 Å². The average Bonchev–Trinajstić information content (AvgIpc) is 2.96. The Labute approximate surface area is 128 Å². The summed E-state index contributed by atoms with van der Waals surface area (Å²) < 4.78 is 5.17. The summed E-state index contributed by atoms with van der Waals surface area (Å²) in [5.74, 6) is 0.583. The summed E-state index contributed by atoms with van der Waals surface area (Å²) in [6.45, 7) is 1.73. The number of nitrogens with one attached hydrogen (secondary N) is 2. The molecule has 2 aromatic rings.